The number of phenols is 1. The summed E-state index contributed by atoms with van der Waals surface area (Å²) in [5.74, 6) is -0.803. The third kappa shape index (κ3) is 3.82. The highest BCUT2D eigenvalue weighted by atomic mass is 16.4. The second-order valence-electron chi connectivity index (χ2n) is 7.16. The van der Waals surface area contributed by atoms with Crippen LogP contribution in [0, 0.1) is 0 Å². The van der Waals surface area contributed by atoms with Crippen LogP contribution in [0.2, 0.25) is 0 Å². The summed E-state index contributed by atoms with van der Waals surface area (Å²) in [4.78, 5) is 16.6. The van der Waals surface area contributed by atoms with Gasteiger partial charge in [-0.2, -0.15) is 5.10 Å². The smallest absolute Gasteiger partial charge is 0.336 e. The molecule has 29 heavy (non-hydrogen) atoms. The number of H-pyrrole nitrogens is 1. The normalized spacial score (nSPS) is 12.2. The molecule has 146 valence electrons. The summed E-state index contributed by atoms with van der Waals surface area (Å²) < 4.78 is 0. The first-order chi connectivity index (χ1) is 14.0. The molecule has 6 nitrogen and oxygen atoms in total. The number of fused-ring (bicyclic) bond motifs is 1. The molecular weight excluding hydrogens is 366 g/mol. The van der Waals surface area contributed by atoms with E-state index in [1.54, 1.807) is 30.3 Å². The first-order valence-electron chi connectivity index (χ1n) is 9.48. The van der Waals surface area contributed by atoms with E-state index in [1.807, 2.05) is 18.2 Å². The van der Waals surface area contributed by atoms with Gasteiger partial charge in [-0.15, -0.1) is 0 Å². The van der Waals surface area contributed by atoms with E-state index in [0.29, 0.717) is 16.7 Å². The molecule has 0 aliphatic rings. The number of carbonyl (C=O) groups is 1. The molecule has 0 fully saturated rings. The number of pyridine rings is 1. The second kappa shape index (κ2) is 7.75. The van der Waals surface area contributed by atoms with Crippen LogP contribution in [0.15, 0.2) is 60.7 Å². The maximum absolute atomic E-state index is 12.0. The van der Waals surface area contributed by atoms with Gasteiger partial charge in [-0.1, -0.05) is 37.3 Å². The lowest BCUT2D eigenvalue weighted by Gasteiger charge is -2.11. The zero-order valence-electron chi connectivity index (χ0n) is 16.0. The number of aromatic carboxylic acids is 1. The Kier molecular flexibility index (Phi) is 4.99. The van der Waals surface area contributed by atoms with E-state index >= 15 is 0 Å². The van der Waals surface area contributed by atoms with E-state index in [1.165, 1.54) is 5.56 Å². The Labute approximate surface area is 167 Å². The number of phenolic OH excluding ortho intramolecular Hbond substituents is 1. The molecule has 1 atom stereocenters. The monoisotopic (exact) mass is 387 g/mol. The molecular formula is C23H21N3O3. The third-order valence-corrected chi connectivity index (χ3v) is 5.13. The number of benzene rings is 2. The fourth-order valence-electron chi connectivity index (χ4n) is 3.52. The van der Waals surface area contributed by atoms with Crippen LogP contribution in [0.25, 0.3) is 22.3 Å². The lowest BCUT2D eigenvalue weighted by Crippen LogP contribution is -2.03. The maximum atomic E-state index is 12.0. The number of rotatable bonds is 6. The lowest BCUT2D eigenvalue weighted by molar-refractivity contribution is 0.0699. The van der Waals surface area contributed by atoms with Gasteiger partial charge in [-0.3, -0.25) is 5.10 Å². The van der Waals surface area contributed by atoms with Gasteiger partial charge < -0.3 is 10.2 Å². The van der Waals surface area contributed by atoms with Crippen LogP contribution >= 0.6 is 0 Å². The Hall–Kier alpha value is -3.67. The fourth-order valence-corrected chi connectivity index (χ4v) is 3.52. The topological polar surface area (TPSA) is 99.1 Å². The molecule has 2 aromatic carbocycles. The molecule has 0 aliphatic heterocycles. The molecule has 2 aromatic heterocycles. The van der Waals surface area contributed by atoms with Crippen molar-refractivity contribution in [1.29, 1.82) is 0 Å². The van der Waals surface area contributed by atoms with Gasteiger partial charge in [-0.25, -0.2) is 9.78 Å². The minimum Gasteiger partial charge on any atom is -0.508 e. The first-order valence-corrected chi connectivity index (χ1v) is 9.48. The number of aromatic hydroxyl groups is 1. The molecule has 0 bridgehead atoms. The Balaban J connectivity index is 1.71. The number of carboxylic acids is 1. The number of aryl methyl sites for hydroxylation is 1. The number of carboxylic acid groups (broad SMARTS) is 1. The van der Waals surface area contributed by atoms with Crippen molar-refractivity contribution in [3.05, 3.63) is 77.5 Å². The molecule has 0 radical (unpaired) electrons. The first kappa shape index (κ1) is 18.7. The van der Waals surface area contributed by atoms with E-state index in [4.69, 9.17) is 0 Å². The molecule has 0 amide bonds. The number of hydrogen-bond acceptors (Lipinski definition) is 4. The second-order valence-corrected chi connectivity index (χ2v) is 7.16. The molecule has 0 aliphatic carbocycles. The number of hydrogen-bond donors (Lipinski definition) is 3. The van der Waals surface area contributed by atoms with Crippen molar-refractivity contribution in [2.75, 3.05) is 0 Å². The number of nitrogens with zero attached hydrogens (tertiary/aromatic N) is 2. The average Bonchev–Trinajstić information content (AvgIpc) is 3.16. The van der Waals surface area contributed by atoms with Gasteiger partial charge in [0, 0.05) is 11.5 Å². The Morgan fingerprint density at radius 1 is 1.10 bits per heavy atom. The van der Waals surface area contributed by atoms with Gasteiger partial charge in [0.05, 0.1) is 22.3 Å². The number of aromatic nitrogens is 3. The number of aromatic amines is 1. The van der Waals surface area contributed by atoms with Gasteiger partial charge >= 0.3 is 5.97 Å². The number of nitrogens with one attached hydrogen (secondary N) is 1. The van der Waals surface area contributed by atoms with E-state index in [0.717, 1.165) is 24.1 Å². The van der Waals surface area contributed by atoms with E-state index in [2.05, 4.69) is 34.2 Å². The van der Waals surface area contributed by atoms with Gasteiger partial charge in [0.25, 0.3) is 0 Å². The highest BCUT2D eigenvalue weighted by Gasteiger charge is 2.22. The molecule has 0 spiro atoms. The standard InChI is InChI=1S/C23H21N3O3/c1-14(7-8-15-5-3-2-4-6-15)21-20-18(23(28)29)13-19(24-22(20)26-25-21)16-9-11-17(27)12-10-16/h2-6,9-14,27H,7-8H2,1H3,(H,28,29)(H,24,25,26)/t14-/m1/s1. The highest BCUT2D eigenvalue weighted by Crippen LogP contribution is 2.31. The van der Waals surface area contributed by atoms with Gasteiger partial charge in [0.15, 0.2) is 5.65 Å². The third-order valence-electron chi connectivity index (χ3n) is 5.13. The minimum atomic E-state index is -1.02. The van der Waals surface area contributed by atoms with Crippen molar-refractivity contribution < 1.29 is 15.0 Å². The highest BCUT2D eigenvalue weighted by molar-refractivity contribution is 6.04. The predicted molar refractivity (Wildman–Crippen MR) is 111 cm³/mol. The van der Waals surface area contributed by atoms with Crippen LogP contribution in [0.5, 0.6) is 5.75 Å². The zero-order chi connectivity index (χ0) is 20.4. The molecule has 0 saturated heterocycles. The van der Waals surface area contributed by atoms with Crippen LogP contribution < -0.4 is 0 Å². The van der Waals surface area contributed by atoms with Crippen LogP contribution in [0.3, 0.4) is 0 Å². The summed E-state index contributed by atoms with van der Waals surface area (Å²) in [7, 11) is 0. The van der Waals surface area contributed by atoms with Crippen molar-refractivity contribution in [2.45, 2.75) is 25.7 Å². The van der Waals surface area contributed by atoms with Gasteiger partial charge in [0.1, 0.15) is 5.75 Å². The average molecular weight is 387 g/mol. The Morgan fingerprint density at radius 3 is 2.52 bits per heavy atom. The molecule has 3 N–H and O–H groups in total. The fraction of sp³-hybridized carbons (Fsp3) is 0.174. The van der Waals surface area contributed by atoms with Crippen LogP contribution in [-0.2, 0) is 6.42 Å². The van der Waals surface area contributed by atoms with E-state index < -0.39 is 5.97 Å². The minimum absolute atomic E-state index is 0.0726. The van der Waals surface area contributed by atoms with Gasteiger partial charge in [0.2, 0.25) is 0 Å². The summed E-state index contributed by atoms with van der Waals surface area (Å²) in [6.07, 6.45) is 1.74. The Bertz CT molecular complexity index is 1150. The molecule has 0 unspecified atom stereocenters. The van der Waals surface area contributed by atoms with Crippen molar-refractivity contribution >= 4 is 17.0 Å². The lowest BCUT2D eigenvalue weighted by atomic mass is 9.94. The van der Waals surface area contributed by atoms with Crippen LogP contribution in [-0.4, -0.2) is 31.4 Å². The van der Waals surface area contributed by atoms with Crippen molar-refractivity contribution in [2.24, 2.45) is 0 Å². The SMILES string of the molecule is C[C@H](CCc1ccccc1)c1n[nH]c2nc(-c3ccc(O)cc3)cc(C(=O)O)c12. The van der Waals surface area contributed by atoms with E-state index in [9.17, 15) is 15.0 Å². The summed E-state index contributed by atoms with van der Waals surface area (Å²) in [5, 5.41) is 27.2. The molecule has 6 heteroatoms. The quantitative estimate of drug-likeness (QED) is 0.443. The van der Waals surface area contributed by atoms with E-state index in [-0.39, 0.29) is 17.2 Å². The summed E-state index contributed by atoms with van der Waals surface area (Å²) >= 11 is 0. The molecule has 2 heterocycles. The Morgan fingerprint density at radius 2 is 1.83 bits per heavy atom. The van der Waals surface area contributed by atoms with Crippen LogP contribution in [0.1, 0.15) is 40.9 Å². The zero-order valence-corrected chi connectivity index (χ0v) is 16.0. The largest absolute Gasteiger partial charge is 0.508 e. The van der Waals surface area contributed by atoms with Crippen molar-refractivity contribution in [3.8, 4) is 17.0 Å². The maximum Gasteiger partial charge on any atom is 0.336 e. The molecule has 4 rings (SSSR count). The van der Waals surface area contributed by atoms with Gasteiger partial charge in [-0.05, 0) is 48.7 Å². The van der Waals surface area contributed by atoms with Crippen molar-refractivity contribution in [3.63, 3.8) is 0 Å². The molecule has 0 saturated carbocycles. The van der Waals surface area contributed by atoms with Crippen LogP contribution in [0.4, 0.5) is 0 Å². The summed E-state index contributed by atoms with van der Waals surface area (Å²) in [6.45, 7) is 2.05. The predicted octanol–water partition coefficient (Wildman–Crippen LogP) is 4.77. The molecule has 4 aromatic rings. The summed E-state index contributed by atoms with van der Waals surface area (Å²) in [6, 6.07) is 18.3. The van der Waals surface area contributed by atoms with Crippen molar-refractivity contribution in [1.82, 2.24) is 15.2 Å². The summed E-state index contributed by atoms with van der Waals surface area (Å²) in [5.41, 5.74) is 3.83.